The first-order chi connectivity index (χ1) is 7.90. The molecule has 16 heavy (non-hydrogen) atoms. The van der Waals surface area contributed by atoms with Gasteiger partial charge in [-0.25, -0.2) is 9.97 Å². The van der Waals surface area contributed by atoms with Gasteiger partial charge in [-0.3, -0.25) is 4.98 Å². The van der Waals surface area contributed by atoms with Crippen molar-refractivity contribution < 1.29 is 5.21 Å². The molecule has 5 heteroatoms. The van der Waals surface area contributed by atoms with Crippen LogP contribution in [0.3, 0.4) is 0 Å². The number of aromatic nitrogens is 3. The van der Waals surface area contributed by atoms with E-state index in [9.17, 15) is 0 Å². The van der Waals surface area contributed by atoms with Crippen molar-refractivity contribution in [3.8, 4) is 0 Å². The molecule has 0 unspecified atom stereocenters. The van der Waals surface area contributed by atoms with Crippen LogP contribution in [-0.4, -0.2) is 25.9 Å². The van der Waals surface area contributed by atoms with Gasteiger partial charge >= 0.3 is 0 Å². The fourth-order valence-corrected chi connectivity index (χ4v) is 1.31. The molecular formula is C11H10N4O. The molecule has 0 atom stereocenters. The van der Waals surface area contributed by atoms with E-state index in [0.717, 1.165) is 5.69 Å². The first kappa shape index (κ1) is 10.2. The summed E-state index contributed by atoms with van der Waals surface area (Å²) in [6.07, 6.45) is 5.16. The Hall–Kier alpha value is -2.30. The predicted octanol–water partition coefficient (Wildman–Crippen LogP) is 1.29. The highest BCUT2D eigenvalue weighted by molar-refractivity contribution is 5.99. The third-order valence-electron chi connectivity index (χ3n) is 2.07. The number of hydrogen-bond donors (Lipinski definition) is 1. The average molecular weight is 214 g/mol. The van der Waals surface area contributed by atoms with Crippen LogP contribution < -0.4 is 0 Å². The monoisotopic (exact) mass is 214 g/mol. The van der Waals surface area contributed by atoms with Crippen molar-refractivity contribution in [2.75, 3.05) is 0 Å². The summed E-state index contributed by atoms with van der Waals surface area (Å²) in [4.78, 5) is 12.0. The van der Waals surface area contributed by atoms with E-state index in [4.69, 9.17) is 5.21 Å². The van der Waals surface area contributed by atoms with Gasteiger partial charge in [-0.1, -0.05) is 11.2 Å². The van der Waals surface area contributed by atoms with Crippen molar-refractivity contribution in [1.29, 1.82) is 0 Å². The zero-order chi connectivity index (χ0) is 11.2. The molecule has 2 rings (SSSR count). The third kappa shape index (κ3) is 2.38. The maximum atomic E-state index is 8.94. The summed E-state index contributed by atoms with van der Waals surface area (Å²) in [7, 11) is 0. The SMILES string of the molecule is O/N=C(\Cc1ccccn1)c1ccncn1. The van der Waals surface area contributed by atoms with Crippen molar-refractivity contribution in [3.05, 3.63) is 54.4 Å². The summed E-state index contributed by atoms with van der Waals surface area (Å²) in [6, 6.07) is 7.28. The summed E-state index contributed by atoms with van der Waals surface area (Å²) in [6.45, 7) is 0. The molecule has 0 spiro atoms. The van der Waals surface area contributed by atoms with Gasteiger partial charge in [0.15, 0.2) is 0 Å². The topological polar surface area (TPSA) is 71.3 Å². The summed E-state index contributed by atoms with van der Waals surface area (Å²) in [5.41, 5.74) is 1.90. The van der Waals surface area contributed by atoms with Gasteiger partial charge in [0.1, 0.15) is 12.0 Å². The lowest BCUT2D eigenvalue weighted by atomic mass is 10.1. The van der Waals surface area contributed by atoms with Crippen LogP contribution >= 0.6 is 0 Å². The van der Waals surface area contributed by atoms with Gasteiger partial charge in [-0.15, -0.1) is 0 Å². The molecule has 5 nitrogen and oxygen atoms in total. The van der Waals surface area contributed by atoms with Gasteiger partial charge in [0.2, 0.25) is 0 Å². The van der Waals surface area contributed by atoms with Crippen LogP contribution in [0.25, 0.3) is 0 Å². The Labute approximate surface area is 92.5 Å². The molecule has 0 aliphatic rings. The number of rotatable bonds is 3. The Balaban J connectivity index is 2.20. The van der Waals surface area contributed by atoms with Crippen molar-refractivity contribution >= 4 is 5.71 Å². The van der Waals surface area contributed by atoms with E-state index in [1.165, 1.54) is 6.33 Å². The van der Waals surface area contributed by atoms with E-state index in [1.54, 1.807) is 18.5 Å². The molecule has 2 aromatic rings. The van der Waals surface area contributed by atoms with Crippen LogP contribution in [0.1, 0.15) is 11.4 Å². The molecule has 0 aliphatic carbocycles. The van der Waals surface area contributed by atoms with Crippen LogP contribution in [0.2, 0.25) is 0 Å². The highest BCUT2D eigenvalue weighted by atomic mass is 16.4. The Morgan fingerprint density at radius 1 is 1.19 bits per heavy atom. The number of oxime groups is 1. The molecule has 0 saturated heterocycles. The second-order valence-corrected chi connectivity index (χ2v) is 3.14. The molecule has 0 aliphatic heterocycles. The largest absolute Gasteiger partial charge is 0.411 e. The molecule has 80 valence electrons. The van der Waals surface area contributed by atoms with Crippen molar-refractivity contribution in [2.24, 2.45) is 5.16 Å². The second kappa shape index (κ2) is 4.97. The maximum absolute atomic E-state index is 8.94. The summed E-state index contributed by atoms with van der Waals surface area (Å²) in [5, 5.41) is 12.2. The first-order valence-corrected chi connectivity index (χ1v) is 4.77. The standard InChI is InChI=1S/C11H10N4O/c16-15-11(10-4-6-12-8-14-10)7-9-3-1-2-5-13-9/h1-6,8,16H,7H2/b15-11+. The third-order valence-corrected chi connectivity index (χ3v) is 2.07. The van der Waals surface area contributed by atoms with Crippen LogP contribution in [0.15, 0.2) is 48.1 Å². The zero-order valence-electron chi connectivity index (χ0n) is 8.48. The van der Waals surface area contributed by atoms with E-state index in [1.807, 2.05) is 18.2 Å². The molecule has 2 aromatic heterocycles. The highest BCUT2D eigenvalue weighted by Gasteiger charge is 2.07. The molecule has 0 bridgehead atoms. The lowest BCUT2D eigenvalue weighted by Crippen LogP contribution is -2.08. The summed E-state index contributed by atoms with van der Waals surface area (Å²) >= 11 is 0. The van der Waals surface area contributed by atoms with Gasteiger partial charge < -0.3 is 5.21 Å². The minimum absolute atomic E-state index is 0.439. The van der Waals surface area contributed by atoms with Crippen LogP contribution in [-0.2, 0) is 6.42 Å². The van der Waals surface area contributed by atoms with Crippen LogP contribution in [0.4, 0.5) is 0 Å². The van der Waals surface area contributed by atoms with E-state index in [2.05, 4.69) is 20.1 Å². The van der Waals surface area contributed by atoms with Gasteiger partial charge in [-0.2, -0.15) is 0 Å². The van der Waals surface area contributed by atoms with Crippen molar-refractivity contribution in [2.45, 2.75) is 6.42 Å². The highest BCUT2D eigenvalue weighted by Crippen LogP contribution is 2.03. The Kier molecular flexibility index (Phi) is 3.18. The molecule has 0 fully saturated rings. The normalized spacial score (nSPS) is 11.4. The average Bonchev–Trinajstić information content (AvgIpc) is 2.38. The second-order valence-electron chi connectivity index (χ2n) is 3.14. The van der Waals surface area contributed by atoms with E-state index in [0.29, 0.717) is 17.8 Å². The van der Waals surface area contributed by atoms with Crippen molar-refractivity contribution in [1.82, 2.24) is 15.0 Å². The molecule has 2 heterocycles. The molecular weight excluding hydrogens is 204 g/mol. The smallest absolute Gasteiger partial charge is 0.116 e. The Morgan fingerprint density at radius 2 is 2.12 bits per heavy atom. The minimum Gasteiger partial charge on any atom is -0.411 e. The van der Waals surface area contributed by atoms with Crippen LogP contribution in [0, 0.1) is 0 Å². The number of pyridine rings is 1. The number of hydrogen-bond acceptors (Lipinski definition) is 5. The summed E-state index contributed by atoms with van der Waals surface area (Å²) < 4.78 is 0. The molecule has 1 N–H and O–H groups in total. The Morgan fingerprint density at radius 3 is 2.75 bits per heavy atom. The van der Waals surface area contributed by atoms with Crippen molar-refractivity contribution in [3.63, 3.8) is 0 Å². The molecule has 0 aromatic carbocycles. The van der Waals surface area contributed by atoms with Gasteiger partial charge in [0, 0.05) is 24.5 Å². The molecule has 0 amide bonds. The first-order valence-electron chi connectivity index (χ1n) is 4.77. The fraction of sp³-hybridized carbons (Fsp3) is 0.0909. The lowest BCUT2D eigenvalue weighted by Gasteiger charge is -2.02. The molecule has 0 saturated carbocycles. The predicted molar refractivity (Wildman–Crippen MR) is 58.3 cm³/mol. The minimum atomic E-state index is 0.439. The van der Waals surface area contributed by atoms with E-state index < -0.39 is 0 Å². The van der Waals surface area contributed by atoms with Gasteiger partial charge in [0.05, 0.1) is 5.69 Å². The fourth-order valence-electron chi connectivity index (χ4n) is 1.31. The lowest BCUT2D eigenvalue weighted by molar-refractivity contribution is 0.318. The zero-order valence-corrected chi connectivity index (χ0v) is 8.48. The quantitative estimate of drug-likeness (QED) is 0.475. The van der Waals surface area contributed by atoms with E-state index >= 15 is 0 Å². The summed E-state index contributed by atoms with van der Waals surface area (Å²) in [5.74, 6) is 0. The molecule has 0 radical (unpaired) electrons. The van der Waals surface area contributed by atoms with Gasteiger partial charge in [0.25, 0.3) is 0 Å². The Bertz CT molecular complexity index is 470. The van der Waals surface area contributed by atoms with Gasteiger partial charge in [-0.05, 0) is 18.2 Å². The van der Waals surface area contributed by atoms with Crippen LogP contribution in [0.5, 0.6) is 0 Å². The van der Waals surface area contributed by atoms with E-state index in [-0.39, 0.29) is 0 Å². The number of nitrogens with zero attached hydrogens (tertiary/aromatic N) is 4. The maximum Gasteiger partial charge on any atom is 0.116 e.